The summed E-state index contributed by atoms with van der Waals surface area (Å²) in [5.74, 6) is -0.560. The van der Waals surface area contributed by atoms with Crippen LogP contribution in [-0.2, 0) is 13.6 Å². The van der Waals surface area contributed by atoms with E-state index in [2.05, 4.69) is 15.4 Å². The highest BCUT2D eigenvalue weighted by Crippen LogP contribution is 2.24. The maximum atomic E-state index is 13.5. The molecule has 2 aromatic carbocycles. The summed E-state index contributed by atoms with van der Waals surface area (Å²) in [5, 5.41) is 12.9. The number of fused-ring (bicyclic) bond motifs is 1. The van der Waals surface area contributed by atoms with Crippen LogP contribution >= 0.6 is 0 Å². The van der Waals surface area contributed by atoms with Crippen LogP contribution in [0.2, 0.25) is 0 Å². The first kappa shape index (κ1) is 20.6. The topological polar surface area (TPSA) is 77.6 Å². The van der Waals surface area contributed by atoms with Crippen LogP contribution in [-0.4, -0.2) is 30.5 Å². The van der Waals surface area contributed by atoms with E-state index in [0.717, 1.165) is 33.5 Å². The maximum absolute atomic E-state index is 13.5. The molecular weight excluding hydrogens is 419 g/mol. The van der Waals surface area contributed by atoms with Gasteiger partial charge in [0.05, 0.1) is 22.6 Å². The fourth-order valence-electron chi connectivity index (χ4n) is 3.81. The van der Waals surface area contributed by atoms with Crippen LogP contribution in [0, 0.1) is 12.7 Å². The molecule has 0 aliphatic carbocycles. The van der Waals surface area contributed by atoms with Gasteiger partial charge in [0.2, 0.25) is 0 Å². The minimum absolute atomic E-state index is 0.245. The first-order valence-electron chi connectivity index (χ1n) is 10.5. The van der Waals surface area contributed by atoms with Crippen molar-refractivity contribution in [1.29, 1.82) is 0 Å². The van der Waals surface area contributed by atoms with Gasteiger partial charge in [0, 0.05) is 42.5 Å². The Morgan fingerprint density at radius 3 is 2.58 bits per heavy atom. The standard InChI is InChI=1S/C25H21FN6O/c1-16-22-12-18(13-27-24(22)31(2)29-16)25(33)28-14-19-15-32(21-6-4-3-5-7-21)30-23(19)17-8-10-20(26)11-9-17/h3-13,15H,14H2,1-2H3,(H,28,33). The van der Waals surface area contributed by atoms with E-state index in [1.807, 2.05) is 50.5 Å². The second kappa shape index (κ2) is 8.31. The number of amides is 1. The monoisotopic (exact) mass is 440 g/mol. The van der Waals surface area contributed by atoms with Gasteiger partial charge in [0.1, 0.15) is 5.82 Å². The number of hydrogen-bond donors (Lipinski definition) is 1. The lowest BCUT2D eigenvalue weighted by Gasteiger charge is -2.06. The number of carbonyl (C=O) groups excluding carboxylic acids is 1. The van der Waals surface area contributed by atoms with E-state index in [1.165, 1.54) is 12.1 Å². The summed E-state index contributed by atoms with van der Waals surface area (Å²) in [4.78, 5) is 17.3. The average molecular weight is 440 g/mol. The van der Waals surface area contributed by atoms with E-state index in [-0.39, 0.29) is 18.3 Å². The molecule has 0 aliphatic rings. The Labute approximate surface area is 189 Å². The Hall–Kier alpha value is -4.33. The Kier molecular flexibility index (Phi) is 5.18. The fraction of sp³-hybridized carbons (Fsp3) is 0.120. The zero-order valence-electron chi connectivity index (χ0n) is 18.2. The molecule has 3 aromatic heterocycles. The van der Waals surface area contributed by atoms with Gasteiger partial charge in [-0.25, -0.2) is 14.1 Å². The Bertz CT molecular complexity index is 1450. The molecule has 0 saturated heterocycles. The zero-order valence-corrected chi connectivity index (χ0v) is 18.2. The van der Waals surface area contributed by atoms with Crippen LogP contribution in [0.1, 0.15) is 21.6 Å². The number of benzene rings is 2. The van der Waals surface area contributed by atoms with Crippen molar-refractivity contribution in [3.05, 3.63) is 95.7 Å². The molecule has 0 radical (unpaired) electrons. The normalized spacial score (nSPS) is 11.1. The molecule has 5 rings (SSSR count). The molecule has 33 heavy (non-hydrogen) atoms. The van der Waals surface area contributed by atoms with Crippen LogP contribution in [0.15, 0.2) is 73.1 Å². The van der Waals surface area contributed by atoms with Gasteiger partial charge >= 0.3 is 0 Å². The van der Waals surface area contributed by atoms with Crippen molar-refractivity contribution < 1.29 is 9.18 Å². The number of nitrogens with one attached hydrogen (secondary N) is 1. The highest BCUT2D eigenvalue weighted by atomic mass is 19.1. The molecule has 0 aliphatic heterocycles. The summed E-state index contributed by atoms with van der Waals surface area (Å²) in [6.07, 6.45) is 3.42. The molecule has 7 nitrogen and oxygen atoms in total. The number of pyridine rings is 1. The molecule has 0 fully saturated rings. The van der Waals surface area contributed by atoms with Gasteiger partial charge in [-0.05, 0) is 49.4 Å². The first-order valence-corrected chi connectivity index (χ1v) is 10.5. The highest BCUT2D eigenvalue weighted by Gasteiger charge is 2.16. The third kappa shape index (κ3) is 3.98. The lowest BCUT2D eigenvalue weighted by molar-refractivity contribution is 0.0951. The molecule has 0 unspecified atom stereocenters. The van der Waals surface area contributed by atoms with Crippen LogP contribution in [0.25, 0.3) is 28.0 Å². The number of aryl methyl sites for hydroxylation is 2. The van der Waals surface area contributed by atoms with Gasteiger partial charge in [-0.15, -0.1) is 0 Å². The molecule has 0 bridgehead atoms. The van der Waals surface area contributed by atoms with Crippen molar-refractivity contribution in [2.24, 2.45) is 7.05 Å². The summed E-state index contributed by atoms with van der Waals surface area (Å²) in [6, 6.07) is 17.6. The number of halogens is 1. The predicted molar refractivity (Wildman–Crippen MR) is 123 cm³/mol. The molecule has 8 heteroatoms. The van der Waals surface area contributed by atoms with Gasteiger partial charge in [-0.2, -0.15) is 10.2 Å². The largest absolute Gasteiger partial charge is 0.348 e. The lowest BCUT2D eigenvalue weighted by atomic mass is 10.1. The molecule has 0 spiro atoms. The number of para-hydroxylation sites is 1. The van der Waals surface area contributed by atoms with E-state index < -0.39 is 0 Å². The van der Waals surface area contributed by atoms with Crippen LogP contribution in [0.4, 0.5) is 4.39 Å². The van der Waals surface area contributed by atoms with Gasteiger partial charge in [0.15, 0.2) is 5.65 Å². The van der Waals surface area contributed by atoms with Crippen LogP contribution < -0.4 is 5.32 Å². The van der Waals surface area contributed by atoms with E-state index >= 15 is 0 Å². The number of aromatic nitrogens is 5. The summed E-state index contributed by atoms with van der Waals surface area (Å²) >= 11 is 0. The number of nitrogens with zero attached hydrogens (tertiary/aromatic N) is 5. The van der Waals surface area contributed by atoms with Crippen molar-refractivity contribution in [3.63, 3.8) is 0 Å². The lowest BCUT2D eigenvalue weighted by Crippen LogP contribution is -2.23. The first-order chi connectivity index (χ1) is 16.0. The third-order valence-electron chi connectivity index (χ3n) is 5.49. The van der Waals surface area contributed by atoms with E-state index in [4.69, 9.17) is 5.10 Å². The second-order valence-electron chi connectivity index (χ2n) is 7.78. The minimum atomic E-state index is -0.315. The molecule has 1 amide bonds. The third-order valence-corrected chi connectivity index (χ3v) is 5.49. The molecule has 0 atom stereocenters. The fourth-order valence-corrected chi connectivity index (χ4v) is 3.81. The maximum Gasteiger partial charge on any atom is 0.253 e. The molecule has 5 aromatic rings. The van der Waals surface area contributed by atoms with E-state index in [9.17, 15) is 9.18 Å². The molecule has 0 saturated carbocycles. The SMILES string of the molecule is Cc1nn(C)c2ncc(C(=O)NCc3cn(-c4ccccc4)nc3-c3ccc(F)cc3)cc12. The number of carbonyl (C=O) groups is 1. The van der Waals surface area contributed by atoms with Crippen molar-refractivity contribution in [1.82, 2.24) is 29.9 Å². The Morgan fingerprint density at radius 2 is 1.82 bits per heavy atom. The highest BCUT2D eigenvalue weighted by molar-refractivity contribution is 5.97. The number of rotatable bonds is 5. The van der Waals surface area contributed by atoms with Gasteiger partial charge in [-0.1, -0.05) is 18.2 Å². The zero-order chi connectivity index (χ0) is 22.9. The van der Waals surface area contributed by atoms with Crippen molar-refractivity contribution in [2.45, 2.75) is 13.5 Å². The van der Waals surface area contributed by atoms with Crippen LogP contribution in [0.5, 0.6) is 0 Å². The van der Waals surface area contributed by atoms with Gasteiger partial charge in [0.25, 0.3) is 5.91 Å². The van der Waals surface area contributed by atoms with Crippen LogP contribution in [0.3, 0.4) is 0 Å². The van der Waals surface area contributed by atoms with Gasteiger partial charge in [-0.3, -0.25) is 9.48 Å². The summed E-state index contributed by atoms with van der Waals surface area (Å²) in [7, 11) is 1.82. The second-order valence-corrected chi connectivity index (χ2v) is 7.78. The Balaban J connectivity index is 1.44. The van der Waals surface area contributed by atoms with E-state index in [0.29, 0.717) is 11.3 Å². The minimum Gasteiger partial charge on any atom is -0.348 e. The average Bonchev–Trinajstić information content (AvgIpc) is 3.39. The quantitative estimate of drug-likeness (QED) is 0.444. The van der Waals surface area contributed by atoms with Crippen molar-refractivity contribution >= 4 is 16.9 Å². The molecule has 1 N–H and O–H groups in total. The summed E-state index contributed by atoms with van der Waals surface area (Å²) in [6.45, 7) is 2.14. The molecule has 164 valence electrons. The molecular formula is C25H21FN6O. The Morgan fingerprint density at radius 1 is 1.06 bits per heavy atom. The summed E-state index contributed by atoms with van der Waals surface area (Å²) < 4.78 is 16.9. The number of hydrogen-bond acceptors (Lipinski definition) is 4. The van der Waals surface area contributed by atoms with Crippen molar-refractivity contribution in [2.75, 3.05) is 0 Å². The van der Waals surface area contributed by atoms with E-state index in [1.54, 1.807) is 33.8 Å². The smallest absolute Gasteiger partial charge is 0.253 e. The molecule has 3 heterocycles. The predicted octanol–water partition coefficient (Wildman–Crippen LogP) is 4.20. The van der Waals surface area contributed by atoms with Crippen molar-refractivity contribution in [3.8, 4) is 16.9 Å². The van der Waals surface area contributed by atoms with Gasteiger partial charge < -0.3 is 5.32 Å². The summed E-state index contributed by atoms with van der Waals surface area (Å²) in [5.41, 5.74) is 5.15.